The first-order valence-corrected chi connectivity index (χ1v) is 13.0. The highest BCUT2D eigenvalue weighted by molar-refractivity contribution is 7.90. The second-order valence-corrected chi connectivity index (χ2v) is 10.6. The number of nitrogens with two attached hydrogens (primary N) is 1. The van der Waals surface area contributed by atoms with Gasteiger partial charge in [0, 0.05) is 36.5 Å². The molecule has 0 aliphatic carbocycles. The summed E-state index contributed by atoms with van der Waals surface area (Å²) in [6.07, 6.45) is 4.87. The van der Waals surface area contributed by atoms with Gasteiger partial charge in [0.2, 0.25) is 0 Å². The summed E-state index contributed by atoms with van der Waals surface area (Å²) in [5.74, 6) is 0.356. The zero-order chi connectivity index (χ0) is 24.3. The van der Waals surface area contributed by atoms with Crippen molar-refractivity contribution in [3.63, 3.8) is 0 Å². The molecule has 9 heteroatoms. The van der Waals surface area contributed by atoms with Crippen molar-refractivity contribution in [2.75, 3.05) is 18.6 Å². The molecule has 2 unspecified atom stereocenters. The number of carbonyl (C=O) groups is 1. The average molecular weight is 481 g/mol. The average Bonchev–Trinajstić information content (AvgIpc) is 2.82. The number of rotatable bonds is 6. The molecular weight excluding hydrogens is 452 g/mol. The second-order valence-electron chi connectivity index (χ2n) is 8.61. The molecule has 1 amide bonds. The minimum atomic E-state index is -3.30. The van der Waals surface area contributed by atoms with Crippen LogP contribution in [0.2, 0.25) is 0 Å². The summed E-state index contributed by atoms with van der Waals surface area (Å²) < 4.78 is 29.1. The van der Waals surface area contributed by atoms with E-state index in [9.17, 15) is 13.2 Å². The molecule has 0 saturated carbocycles. The highest BCUT2D eigenvalue weighted by atomic mass is 32.2. The number of amides is 1. The van der Waals surface area contributed by atoms with Crippen molar-refractivity contribution in [2.45, 2.75) is 43.2 Å². The molecule has 1 fully saturated rings. The van der Waals surface area contributed by atoms with Gasteiger partial charge in [-0.2, -0.15) is 0 Å². The number of hydrogen-bond donors (Lipinski definition) is 2. The number of nitrogens with zero attached hydrogens (tertiary/aromatic N) is 2. The van der Waals surface area contributed by atoms with Crippen molar-refractivity contribution in [3.8, 4) is 11.3 Å². The Hall–Kier alpha value is -3.30. The van der Waals surface area contributed by atoms with E-state index in [-0.39, 0.29) is 29.4 Å². The lowest BCUT2D eigenvalue weighted by atomic mass is 9.93. The molecule has 8 nitrogen and oxygen atoms in total. The van der Waals surface area contributed by atoms with Crippen LogP contribution in [0, 0.1) is 0 Å². The summed E-state index contributed by atoms with van der Waals surface area (Å²) in [6.45, 7) is 2.98. The van der Waals surface area contributed by atoms with Gasteiger partial charge >= 0.3 is 0 Å². The summed E-state index contributed by atoms with van der Waals surface area (Å²) >= 11 is 0. The standard InChI is InChI=1S/C25H28N4O4S/c1-16-12-20(10-11-33-16)22-15-27-24(26)23(29-22)18-6-8-19(9-7-18)25(30)28-14-17-4-3-5-21(13-17)34(2,31)32/h3-9,13,15-16,20H,10-12,14H2,1-2H3,(H2,26,27)(H,28,30). The van der Waals surface area contributed by atoms with Crippen molar-refractivity contribution in [2.24, 2.45) is 0 Å². The van der Waals surface area contributed by atoms with Gasteiger partial charge < -0.3 is 15.8 Å². The summed E-state index contributed by atoms with van der Waals surface area (Å²) in [5.41, 5.74) is 9.57. The zero-order valence-corrected chi connectivity index (χ0v) is 20.0. The van der Waals surface area contributed by atoms with Crippen LogP contribution < -0.4 is 11.1 Å². The molecule has 0 spiro atoms. The number of nitrogens with one attached hydrogen (secondary N) is 1. The maximum absolute atomic E-state index is 12.6. The summed E-state index contributed by atoms with van der Waals surface area (Å²) in [7, 11) is -3.30. The highest BCUT2D eigenvalue weighted by Gasteiger charge is 2.23. The Morgan fingerprint density at radius 1 is 1.21 bits per heavy atom. The molecule has 2 heterocycles. The lowest BCUT2D eigenvalue weighted by Gasteiger charge is -2.27. The largest absolute Gasteiger partial charge is 0.382 e. The number of hydrogen-bond acceptors (Lipinski definition) is 7. The van der Waals surface area contributed by atoms with Gasteiger partial charge in [-0.05, 0) is 49.6 Å². The predicted molar refractivity (Wildman–Crippen MR) is 130 cm³/mol. The molecule has 0 bridgehead atoms. The third kappa shape index (κ3) is 5.60. The first-order valence-electron chi connectivity index (χ1n) is 11.1. The lowest BCUT2D eigenvalue weighted by Crippen LogP contribution is -2.23. The van der Waals surface area contributed by atoms with Gasteiger partial charge in [-0.25, -0.2) is 18.4 Å². The number of carbonyl (C=O) groups excluding carboxylic acids is 1. The molecule has 34 heavy (non-hydrogen) atoms. The third-order valence-corrected chi connectivity index (χ3v) is 7.03. The number of ether oxygens (including phenoxy) is 1. The molecule has 4 rings (SSSR count). The van der Waals surface area contributed by atoms with Crippen LogP contribution in [0.4, 0.5) is 5.82 Å². The molecule has 0 radical (unpaired) electrons. The SMILES string of the molecule is CC1CC(c2cnc(N)c(-c3ccc(C(=O)NCc4cccc(S(C)(=O)=O)c4)cc3)n2)CCO1. The van der Waals surface area contributed by atoms with Crippen LogP contribution in [0.3, 0.4) is 0 Å². The van der Waals surface area contributed by atoms with Crippen LogP contribution in [0.5, 0.6) is 0 Å². The number of anilines is 1. The Bertz CT molecular complexity index is 1290. The van der Waals surface area contributed by atoms with Crippen molar-refractivity contribution in [1.29, 1.82) is 0 Å². The third-order valence-electron chi connectivity index (χ3n) is 5.92. The predicted octanol–water partition coefficient (Wildman–Crippen LogP) is 3.34. The minimum absolute atomic E-state index is 0.188. The van der Waals surface area contributed by atoms with E-state index in [1.807, 2.05) is 0 Å². The molecule has 1 aromatic heterocycles. The van der Waals surface area contributed by atoms with Crippen molar-refractivity contribution >= 4 is 21.6 Å². The van der Waals surface area contributed by atoms with E-state index in [0.29, 0.717) is 29.2 Å². The molecule has 2 atom stereocenters. The fourth-order valence-electron chi connectivity index (χ4n) is 4.04. The van der Waals surface area contributed by atoms with Crippen LogP contribution in [-0.2, 0) is 21.1 Å². The van der Waals surface area contributed by atoms with E-state index in [2.05, 4.69) is 17.2 Å². The zero-order valence-electron chi connectivity index (χ0n) is 19.2. The Morgan fingerprint density at radius 3 is 2.68 bits per heavy atom. The Kier molecular flexibility index (Phi) is 6.95. The molecule has 1 aliphatic rings. The van der Waals surface area contributed by atoms with Crippen LogP contribution in [0.25, 0.3) is 11.3 Å². The number of sulfone groups is 1. The summed E-state index contributed by atoms with van der Waals surface area (Å²) in [5, 5.41) is 2.82. The highest BCUT2D eigenvalue weighted by Crippen LogP contribution is 2.31. The van der Waals surface area contributed by atoms with Gasteiger partial charge in [0.1, 0.15) is 11.5 Å². The molecule has 3 aromatic rings. The minimum Gasteiger partial charge on any atom is -0.382 e. The first-order chi connectivity index (χ1) is 16.2. The van der Waals surface area contributed by atoms with Gasteiger partial charge in [-0.3, -0.25) is 4.79 Å². The summed E-state index contributed by atoms with van der Waals surface area (Å²) in [6, 6.07) is 13.5. The van der Waals surface area contributed by atoms with Crippen molar-refractivity contribution in [1.82, 2.24) is 15.3 Å². The van der Waals surface area contributed by atoms with Crippen molar-refractivity contribution < 1.29 is 17.9 Å². The maximum Gasteiger partial charge on any atom is 0.251 e. The van der Waals surface area contributed by atoms with E-state index in [1.54, 1.807) is 48.7 Å². The number of aromatic nitrogens is 2. The Morgan fingerprint density at radius 2 is 1.97 bits per heavy atom. The van der Waals surface area contributed by atoms with Crippen LogP contribution in [-0.4, -0.2) is 43.3 Å². The topological polar surface area (TPSA) is 124 Å². The van der Waals surface area contributed by atoms with E-state index in [4.69, 9.17) is 15.5 Å². The fourth-order valence-corrected chi connectivity index (χ4v) is 4.73. The van der Waals surface area contributed by atoms with Gasteiger partial charge in [0.15, 0.2) is 9.84 Å². The molecule has 1 aliphatic heterocycles. The molecule has 3 N–H and O–H groups in total. The van der Waals surface area contributed by atoms with Gasteiger partial charge in [-0.15, -0.1) is 0 Å². The Balaban J connectivity index is 1.46. The molecule has 2 aromatic carbocycles. The normalized spacial score (nSPS) is 18.4. The smallest absolute Gasteiger partial charge is 0.251 e. The number of benzene rings is 2. The van der Waals surface area contributed by atoms with Crippen LogP contribution in [0.1, 0.15) is 47.3 Å². The number of nitrogen functional groups attached to an aromatic ring is 1. The van der Waals surface area contributed by atoms with E-state index < -0.39 is 9.84 Å². The summed E-state index contributed by atoms with van der Waals surface area (Å²) in [4.78, 5) is 22.0. The van der Waals surface area contributed by atoms with E-state index in [1.165, 1.54) is 6.07 Å². The Labute approximate surface area is 199 Å². The monoisotopic (exact) mass is 480 g/mol. The van der Waals surface area contributed by atoms with Crippen LogP contribution >= 0.6 is 0 Å². The van der Waals surface area contributed by atoms with Crippen molar-refractivity contribution in [3.05, 3.63) is 71.5 Å². The maximum atomic E-state index is 12.6. The van der Waals surface area contributed by atoms with Crippen LogP contribution in [0.15, 0.2) is 59.6 Å². The first kappa shape index (κ1) is 23.8. The molecular formula is C25H28N4O4S. The van der Waals surface area contributed by atoms with Gasteiger partial charge in [0.25, 0.3) is 5.91 Å². The quantitative estimate of drug-likeness (QED) is 0.554. The lowest BCUT2D eigenvalue weighted by molar-refractivity contribution is 0.0179. The second kappa shape index (κ2) is 9.90. The molecule has 1 saturated heterocycles. The van der Waals surface area contributed by atoms with E-state index >= 15 is 0 Å². The molecule has 178 valence electrons. The van der Waals surface area contributed by atoms with Gasteiger partial charge in [0.05, 0.1) is 22.9 Å². The van der Waals surface area contributed by atoms with Gasteiger partial charge in [-0.1, -0.05) is 24.3 Å². The fraction of sp³-hybridized carbons (Fsp3) is 0.320. The van der Waals surface area contributed by atoms with E-state index in [0.717, 1.165) is 30.4 Å².